The lowest BCUT2D eigenvalue weighted by Gasteiger charge is -2.33. The van der Waals surface area contributed by atoms with E-state index in [1.54, 1.807) is 18.2 Å². The average Bonchev–Trinajstić information content (AvgIpc) is 2.50. The molecule has 1 aromatic carbocycles. The van der Waals surface area contributed by atoms with Gasteiger partial charge in [0.2, 0.25) is 0 Å². The van der Waals surface area contributed by atoms with Crippen LogP contribution in [0.3, 0.4) is 0 Å². The zero-order chi connectivity index (χ0) is 16.8. The largest absolute Gasteiger partial charge is 0.465 e. The van der Waals surface area contributed by atoms with Crippen molar-refractivity contribution in [1.29, 1.82) is 0 Å². The fourth-order valence-electron chi connectivity index (χ4n) is 2.55. The molecular formula is C17H21ClN2O3. The van der Waals surface area contributed by atoms with Crippen molar-refractivity contribution < 1.29 is 14.3 Å². The van der Waals surface area contributed by atoms with E-state index in [0.717, 1.165) is 24.8 Å². The Kier molecular flexibility index (Phi) is 6.04. The third-order valence-electron chi connectivity index (χ3n) is 3.72. The van der Waals surface area contributed by atoms with Gasteiger partial charge in [-0.25, -0.2) is 4.79 Å². The second-order valence-corrected chi connectivity index (χ2v) is 5.95. The molecule has 1 aromatic rings. The molecule has 0 spiro atoms. The zero-order valence-corrected chi connectivity index (χ0v) is 13.9. The van der Waals surface area contributed by atoms with Gasteiger partial charge < -0.3 is 15.4 Å². The van der Waals surface area contributed by atoms with Gasteiger partial charge in [-0.2, -0.15) is 0 Å². The molecule has 0 saturated carbocycles. The number of nitrogens with one attached hydrogen (secondary N) is 2. The Bertz CT molecular complexity index is 603. The number of carbonyl (C=O) groups is 2. The molecule has 2 N–H and O–H groups in total. The number of esters is 1. The van der Waals surface area contributed by atoms with Crippen LogP contribution in [-0.2, 0) is 9.53 Å². The smallest absolute Gasteiger partial charge is 0.319 e. The second-order valence-electron chi connectivity index (χ2n) is 5.51. The van der Waals surface area contributed by atoms with E-state index in [2.05, 4.69) is 24.1 Å². The minimum Gasteiger partial charge on any atom is -0.465 e. The van der Waals surface area contributed by atoms with Crippen LogP contribution in [0.15, 0.2) is 36.5 Å². The van der Waals surface area contributed by atoms with Gasteiger partial charge in [-0.05, 0) is 24.1 Å². The van der Waals surface area contributed by atoms with Crippen LogP contribution in [0, 0.1) is 5.92 Å². The summed E-state index contributed by atoms with van der Waals surface area (Å²) in [6.07, 6.45) is 2.88. The Morgan fingerprint density at radius 1 is 1.39 bits per heavy atom. The number of benzene rings is 1. The van der Waals surface area contributed by atoms with E-state index in [1.165, 1.54) is 0 Å². The van der Waals surface area contributed by atoms with E-state index in [1.807, 2.05) is 6.07 Å². The molecule has 0 bridgehead atoms. The first-order valence-corrected chi connectivity index (χ1v) is 8.09. The van der Waals surface area contributed by atoms with E-state index < -0.39 is 24.0 Å². The lowest BCUT2D eigenvalue weighted by molar-refractivity contribution is -0.148. The first-order valence-electron chi connectivity index (χ1n) is 7.71. The predicted molar refractivity (Wildman–Crippen MR) is 89.0 cm³/mol. The normalized spacial score (nSPS) is 20.6. The molecule has 1 saturated heterocycles. The highest BCUT2D eigenvalue weighted by Crippen LogP contribution is 2.31. The summed E-state index contributed by atoms with van der Waals surface area (Å²) in [5.74, 6) is -1.09. The van der Waals surface area contributed by atoms with Crippen molar-refractivity contribution in [2.45, 2.75) is 32.2 Å². The van der Waals surface area contributed by atoms with Crippen molar-refractivity contribution in [3.8, 4) is 0 Å². The molecule has 2 rings (SSSR count). The van der Waals surface area contributed by atoms with Crippen molar-refractivity contribution >= 4 is 23.6 Å². The quantitative estimate of drug-likeness (QED) is 0.616. The molecule has 0 unspecified atom stereocenters. The fourth-order valence-corrected chi connectivity index (χ4v) is 2.75. The summed E-state index contributed by atoms with van der Waals surface area (Å²) in [6.45, 7) is 6.25. The van der Waals surface area contributed by atoms with Crippen LogP contribution in [0.25, 0.3) is 0 Å². The first kappa shape index (κ1) is 17.3. The summed E-state index contributed by atoms with van der Waals surface area (Å²) in [5, 5.41) is 5.84. The van der Waals surface area contributed by atoms with Crippen LogP contribution < -0.4 is 10.6 Å². The van der Waals surface area contributed by atoms with Crippen LogP contribution in [0.5, 0.6) is 0 Å². The van der Waals surface area contributed by atoms with E-state index >= 15 is 0 Å². The van der Waals surface area contributed by atoms with Gasteiger partial charge in [0.05, 0.1) is 12.6 Å². The molecule has 124 valence electrons. The van der Waals surface area contributed by atoms with Crippen LogP contribution in [-0.4, -0.2) is 18.6 Å². The van der Waals surface area contributed by atoms with Crippen molar-refractivity contribution in [2.24, 2.45) is 5.92 Å². The lowest BCUT2D eigenvalue weighted by Crippen LogP contribution is -2.51. The Morgan fingerprint density at radius 3 is 2.87 bits per heavy atom. The maximum absolute atomic E-state index is 12.4. The SMILES string of the molecule is C=C1NC(=O)N[C@@H](c2cccc(Cl)c2)[C@@H]1C(=O)OCCCCC. The molecule has 1 heterocycles. The van der Waals surface area contributed by atoms with Gasteiger partial charge in [-0.1, -0.05) is 50.1 Å². The number of halogens is 1. The number of rotatable bonds is 6. The minimum absolute atomic E-state index is 0.333. The van der Waals surface area contributed by atoms with Crippen molar-refractivity contribution in [3.05, 3.63) is 47.1 Å². The number of carbonyl (C=O) groups excluding carboxylic acids is 2. The highest BCUT2D eigenvalue weighted by Gasteiger charge is 2.38. The predicted octanol–water partition coefficient (Wildman–Crippen LogP) is 3.56. The molecule has 2 amide bonds. The summed E-state index contributed by atoms with van der Waals surface area (Å²) < 4.78 is 5.35. The van der Waals surface area contributed by atoms with Crippen molar-refractivity contribution in [2.75, 3.05) is 6.61 Å². The molecule has 1 aliphatic heterocycles. The fraction of sp³-hybridized carbons (Fsp3) is 0.412. The number of urea groups is 1. The Labute approximate surface area is 141 Å². The monoisotopic (exact) mass is 336 g/mol. The molecule has 5 nitrogen and oxygen atoms in total. The number of amides is 2. The van der Waals surface area contributed by atoms with Gasteiger partial charge >= 0.3 is 12.0 Å². The van der Waals surface area contributed by atoms with Gasteiger partial charge in [-0.3, -0.25) is 4.79 Å². The Hall–Kier alpha value is -2.01. The van der Waals surface area contributed by atoms with Crippen LogP contribution in [0.1, 0.15) is 37.8 Å². The molecule has 23 heavy (non-hydrogen) atoms. The van der Waals surface area contributed by atoms with Gasteiger partial charge in [-0.15, -0.1) is 0 Å². The summed E-state index contributed by atoms with van der Waals surface area (Å²) in [4.78, 5) is 24.2. The molecule has 0 aromatic heterocycles. The topological polar surface area (TPSA) is 67.4 Å². The number of hydrogen-bond donors (Lipinski definition) is 2. The highest BCUT2D eigenvalue weighted by atomic mass is 35.5. The summed E-state index contributed by atoms with van der Waals surface area (Å²) in [7, 11) is 0. The maximum Gasteiger partial charge on any atom is 0.319 e. The lowest BCUT2D eigenvalue weighted by atomic mass is 9.89. The molecule has 6 heteroatoms. The van der Waals surface area contributed by atoms with Gasteiger partial charge in [0.15, 0.2) is 0 Å². The first-order chi connectivity index (χ1) is 11.0. The van der Waals surface area contributed by atoms with Crippen LogP contribution in [0.4, 0.5) is 4.79 Å². The summed E-state index contributed by atoms with van der Waals surface area (Å²) in [6, 6.07) is 6.11. The summed E-state index contributed by atoms with van der Waals surface area (Å²) >= 11 is 6.02. The Balaban J connectivity index is 2.16. The van der Waals surface area contributed by atoms with Gasteiger partial charge in [0.1, 0.15) is 5.92 Å². The van der Waals surface area contributed by atoms with Crippen LogP contribution in [0.2, 0.25) is 5.02 Å². The minimum atomic E-state index is -0.687. The molecule has 1 aliphatic rings. The second kappa shape index (κ2) is 8.02. The van der Waals surface area contributed by atoms with Crippen LogP contribution >= 0.6 is 11.6 Å². The van der Waals surface area contributed by atoms with E-state index in [-0.39, 0.29) is 0 Å². The van der Waals surface area contributed by atoms with Gasteiger partial charge in [0, 0.05) is 10.7 Å². The zero-order valence-electron chi connectivity index (χ0n) is 13.1. The Morgan fingerprint density at radius 2 is 2.17 bits per heavy atom. The third kappa shape index (κ3) is 4.48. The van der Waals surface area contributed by atoms with E-state index in [9.17, 15) is 9.59 Å². The molecule has 1 fully saturated rings. The number of ether oxygens (including phenoxy) is 1. The highest BCUT2D eigenvalue weighted by molar-refractivity contribution is 6.30. The van der Waals surface area contributed by atoms with E-state index in [4.69, 9.17) is 16.3 Å². The number of unbranched alkanes of at least 4 members (excludes halogenated alkanes) is 2. The average molecular weight is 337 g/mol. The molecule has 2 atom stereocenters. The van der Waals surface area contributed by atoms with E-state index in [0.29, 0.717) is 17.3 Å². The number of hydrogen-bond acceptors (Lipinski definition) is 3. The maximum atomic E-state index is 12.4. The van der Waals surface area contributed by atoms with Crippen molar-refractivity contribution in [3.63, 3.8) is 0 Å². The third-order valence-corrected chi connectivity index (χ3v) is 3.96. The van der Waals surface area contributed by atoms with Crippen molar-refractivity contribution in [1.82, 2.24) is 10.6 Å². The van der Waals surface area contributed by atoms with Gasteiger partial charge in [0.25, 0.3) is 0 Å². The molecule has 0 radical (unpaired) electrons. The molecule has 0 aliphatic carbocycles. The summed E-state index contributed by atoms with van der Waals surface area (Å²) in [5.41, 5.74) is 1.07. The molecular weight excluding hydrogens is 316 g/mol. The standard InChI is InChI=1S/C17H21ClN2O3/c1-3-4-5-9-23-16(21)14-11(2)19-17(22)20-15(14)12-7-6-8-13(18)10-12/h6-8,10,14-15H,2-5,9H2,1H3,(H2,19,20,22)/t14-,15+/m1/s1.